The molecule has 5 nitrogen and oxygen atoms in total. The molecule has 2 heterocycles. The fourth-order valence-electron chi connectivity index (χ4n) is 2.36. The third-order valence-electron chi connectivity index (χ3n) is 3.71. The topological polar surface area (TPSA) is 60.5 Å². The zero-order chi connectivity index (χ0) is 17.6. The Hall–Kier alpha value is -2.86. The first-order chi connectivity index (χ1) is 12.2. The van der Waals surface area contributed by atoms with Crippen molar-refractivity contribution in [1.82, 2.24) is 10.3 Å². The third kappa shape index (κ3) is 4.16. The summed E-state index contributed by atoms with van der Waals surface area (Å²) in [6.45, 7) is 0.374. The van der Waals surface area contributed by atoms with Crippen LogP contribution in [0.2, 0.25) is 0 Å². The average molecular weight is 354 g/mol. The van der Waals surface area contributed by atoms with Gasteiger partial charge in [0.15, 0.2) is 0 Å². The lowest BCUT2D eigenvalue weighted by atomic mass is 10.1. The van der Waals surface area contributed by atoms with E-state index in [0.717, 1.165) is 16.8 Å². The summed E-state index contributed by atoms with van der Waals surface area (Å²) in [6.07, 6.45) is 1.59. The fraction of sp³-hybridized carbons (Fsp3) is 0.158. The van der Waals surface area contributed by atoms with Crippen molar-refractivity contribution >= 4 is 17.2 Å². The van der Waals surface area contributed by atoms with Crippen LogP contribution in [0.15, 0.2) is 53.4 Å². The van der Waals surface area contributed by atoms with Gasteiger partial charge in [-0.3, -0.25) is 9.78 Å². The lowest BCUT2D eigenvalue weighted by Gasteiger charge is -2.10. The molecule has 0 spiro atoms. The number of benzene rings is 1. The standard InChI is InChI=1S/C19H18N2O3S/c1-23-16-7-13(8-17(9-16)24-2)10-21-19(22)14-3-4-18(20-11-14)15-5-6-25-12-15/h3-9,11-12H,10H2,1-2H3,(H,21,22). The molecule has 0 fully saturated rings. The quantitative estimate of drug-likeness (QED) is 0.732. The Kier molecular flexibility index (Phi) is 5.30. The molecular weight excluding hydrogens is 336 g/mol. The SMILES string of the molecule is COc1cc(CNC(=O)c2ccc(-c3ccsc3)nc2)cc(OC)c1. The lowest BCUT2D eigenvalue weighted by Crippen LogP contribution is -2.23. The van der Waals surface area contributed by atoms with Crippen LogP contribution in [0.3, 0.4) is 0 Å². The van der Waals surface area contributed by atoms with E-state index in [-0.39, 0.29) is 5.91 Å². The number of hydrogen-bond acceptors (Lipinski definition) is 5. The van der Waals surface area contributed by atoms with E-state index in [1.165, 1.54) is 0 Å². The smallest absolute Gasteiger partial charge is 0.253 e. The molecule has 1 N–H and O–H groups in total. The fourth-order valence-corrected chi connectivity index (χ4v) is 3.01. The van der Waals surface area contributed by atoms with Gasteiger partial charge in [0, 0.05) is 29.8 Å². The highest BCUT2D eigenvalue weighted by Crippen LogP contribution is 2.22. The molecule has 0 aliphatic rings. The number of pyridine rings is 1. The van der Waals surface area contributed by atoms with Crippen molar-refractivity contribution in [3.63, 3.8) is 0 Å². The summed E-state index contributed by atoms with van der Waals surface area (Å²) in [5.74, 6) is 1.20. The maximum absolute atomic E-state index is 12.3. The minimum atomic E-state index is -0.175. The van der Waals surface area contributed by atoms with Gasteiger partial charge in [0.2, 0.25) is 0 Å². The van der Waals surface area contributed by atoms with Crippen LogP contribution in [-0.4, -0.2) is 25.1 Å². The van der Waals surface area contributed by atoms with E-state index in [2.05, 4.69) is 10.3 Å². The molecule has 0 bridgehead atoms. The number of carbonyl (C=O) groups is 1. The Labute approximate surface area is 150 Å². The number of ether oxygens (including phenoxy) is 2. The second kappa shape index (κ2) is 7.81. The Morgan fingerprint density at radius 2 is 1.88 bits per heavy atom. The number of carbonyl (C=O) groups excluding carboxylic acids is 1. The van der Waals surface area contributed by atoms with Crippen molar-refractivity contribution < 1.29 is 14.3 Å². The lowest BCUT2D eigenvalue weighted by molar-refractivity contribution is 0.0950. The van der Waals surface area contributed by atoms with Crippen LogP contribution in [0, 0.1) is 0 Å². The Balaban J connectivity index is 1.66. The van der Waals surface area contributed by atoms with Crippen molar-refractivity contribution in [2.75, 3.05) is 14.2 Å². The van der Waals surface area contributed by atoms with Crippen LogP contribution in [0.4, 0.5) is 0 Å². The summed E-state index contributed by atoms with van der Waals surface area (Å²) in [4.78, 5) is 16.7. The third-order valence-corrected chi connectivity index (χ3v) is 4.39. The Bertz CT molecular complexity index is 823. The van der Waals surface area contributed by atoms with E-state index in [9.17, 15) is 4.79 Å². The first kappa shape index (κ1) is 17.0. The van der Waals surface area contributed by atoms with Crippen molar-refractivity contribution in [2.24, 2.45) is 0 Å². The van der Waals surface area contributed by atoms with Gasteiger partial charge in [0.25, 0.3) is 5.91 Å². The second-order valence-electron chi connectivity index (χ2n) is 5.35. The monoisotopic (exact) mass is 354 g/mol. The molecule has 3 aromatic rings. The van der Waals surface area contributed by atoms with Crippen molar-refractivity contribution in [3.05, 3.63) is 64.5 Å². The zero-order valence-electron chi connectivity index (χ0n) is 14.0. The van der Waals surface area contributed by atoms with Crippen LogP contribution in [0.5, 0.6) is 11.5 Å². The maximum Gasteiger partial charge on any atom is 0.253 e. The van der Waals surface area contributed by atoms with Crippen molar-refractivity contribution in [2.45, 2.75) is 6.54 Å². The molecule has 2 aromatic heterocycles. The summed E-state index contributed by atoms with van der Waals surface area (Å²) < 4.78 is 10.5. The number of methoxy groups -OCH3 is 2. The van der Waals surface area contributed by atoms with Gasteiger partial charge in [-0.25, -0.2) is 0 Å². The van der Waals surface area contributed by atoms with Crippen molar-refractivity contribution in [1.29, 1.82) is 0 Å². The average Bonchev–Trinajstić information content (AvgIpc) is 3.20. The molecule has 0 saturated heterocycles. The zero-order valence-corrected chi connectivity index (χ0v) is 14.8. The highest BCUT2D eigenvalue weighted by atomic mass is 32.1. The van der Waals surface area contributed by atoms with Gasteiger partial charge >= 0.3 is 0 Å². The minimum Gasteiger partial charge on any atom is -0.497 e. The number of aromatic nitrogens is 1. The molecule has 0 radical (unpaired) electrons. The highest BCUT2D eigenvalue weighted by Gasteiger charge is 2.08. The van der Waals surface area contributed by atoms with Gasteiger partial charge in [0.1, 0.15) is 11.5 Å². The van der Waals surface area contributed by atoms with Gasteiger partial charge in [-0.05, 0) is 41.3 Å². The first-order valence-electron chi connectivity index (χ1n) is 7.68. The molecule has 0 atom stereocenters. The minimum absolute atomic E-state index is 0.175. The van der Waals surface area contributed by atoms with Crippen molar-refractivity contribution in [3.8, 4) is 22.8 Å². The van der Waals surface area contributed by atoms with Crippen LogP contribution in [-0.2, 0) is 6.54 Å². The van der Waals surface area contributed by atoms with Gasteiger partial charge in [-0.2, -0.15) is 11.3 Å². The Morgan fingerprint density at radius 1 is 1.12 bits per heavy atom. The predicted molar refractivity (Wildman–Crippen MR) is 98.3 cm³/mol. The van der Waals surface area contributed by atoms with Crippen LogP contribution < -0.4 is 14.8 Å². The van der Waals surface area contributed by atoms with Crippen LogP contribution in [0.1, 0.15) is 15.9 Å². The molecule has 1 amide bonds. The summed E-state index contributed by atoms with van der Waals surface area (Å²) >= 11 is 1.62. The van der Waals surface area contributed by atoms with E-state index >= 15 is 0 Å². The van der Waals surface area contributed by atoms with Gasteiger partial charge < -0.3 is 14.8 Å². The summed E-state index contributed by atoms with van der Waals surface area (Å²) in [7, 11) is 3.19. The summed E-state index contributed by atoms with van der Waals surface area (Å²) in [5, 5.41) is 6.91. The van der Waals surface area contributed by atoms with E-state index in [1.807, 2.05) is 35.0 Å². The molecule has 3 rings (SSSR count). The second-order valence-corrected chi connectivity index (χ2v) is 6.13. The summed E-state index contributed by atoms with van der Waals surface area (Å²) in [6, 6.07) is 11.1. The number of amides is 1. The molecule has 25 heavy (non-hydrogen) atoms. The van der Waals surface area contributed by atoms with E-state index in [1.54, 1.807) is 43.9 Å². The number of nitrogens with zero attached hydrogens (tertiary/aromatic N) is 1. The van der Waals surface area contributed by atoms with Crippen LogP contribution >= 0.6 is 11.3 Å². The molecule has 0 aliphatic carbocycles. The first-order valence-corrected chi connectivity index (χ1v) is 8.62. The maximum atomic E-state index is 12.3. The normalized spacial score (nSPS) is 10.3. The van der Waals surface area contributed by atoms with E-state index in [4.69, 9.17) is 9.47 Å². The Morgan fingerprint density at radius 3 is 2.44 bits per heavy atom. The van der Waals surface area contributed by atoms with Gasteiger partial charge in [-0.15, -0.1) is 0 Å². The number of nitrogens with one attached hydrogen (secondary N) is 1. The molecule has 0 aliphatic heterocycles. The molecule has 0 saturated carbocycles. The number of rotatable bonds is 6. The number of hydrogen-bond donors (Lipinski definition) is 1. The molecule has 1 aromatic carbocycles. The van der Waals surface area contributed by atoms with Gasteiger partial charge in [-0.1, -0.05) is 0 Å². The summed E-state index contributed by atoms with van der Waals surface area (Å²) in [5.41, 5.74) is 3.33. The molecule has 0 unspecified atom stereocenters. The van der Waals surface area contributed by atoms with E-state index < -0.39 is 0 Å². The van der Waals surface area contributed by atoms with Crippen LogP contribution in [0.25, 0.3) is 11.3 Å². The number of thiophene rings is 1. The molecule has 128 valence electrons. The largest absolute Gasteiger partial charge is 0.497 e. The predicted octanol–water partition coefficient (Wildman–Crippen LogP) is 3.76. The molecular formula is C19H18N2O3S. The van der Waals surface area contributed by atoms with E-state index in [0.29, 0.717) is 23.6 Å². The van der Waals surface area contributed by atoms with Gasteiger partial charge in [0.05, 0.1) is 25.5 Å². The highest BCUT2D eigenvalue weighted by molar-refractivity contribution is 7.08. The molecule has 6 heteroatoms.